The number of aromatic nitrogens is 1. The van der Waals surface area contributed by atoms with Crippen LogP contribution in [0.2, 0.25) is 0 Å². The van der Waals surface area contributed by atoms with Gasteiger partial charge in [-0.25, -0.2) is 0 Å². The topological polar surface area (TPSA) is 59.2 Å². The summed E-state index contributed by atoms with van der Waals surface area (Å²) in [5.41, 5.74) is 7.34. The highest BCUT2D eigenvalue weighted by Crippen LogP contribution is 2.12. The third kappa shape index (κ3) is 5.67. The van der Waals surface area contributed by atoms with E-state index < -0.39 is 0 Å². The maximum atomic E-state index is 9.17. The minimum Gasteiger partial charge on any atom is -0.397 e. The summed E-state index contributed by atoms with van der Waals surface area (Å²) in [6, 6.07) is 1.91. The van der Waals surface area contributed by atoms with Gasteiger partial charge in [0.05, 0.1) is 17.6 Å². The van der Waals surface area contributed by atoms with E-state index in [1.54, 1.807) is 12.4 Å². The summed E-state index contributed by atoms with van der Waals surface area (Å²) < 4.78 is 0. The fraction of sp³-hybridized carbons (Fsp3) is 0.455. The second kappa shape index (κ2) is 7.79. The summed E-state index contributed by atoms with van der Waals surface area (Å²) in [6.07, 6.45) is 4.97. The Morgan fingerprint density at radius 1 is 1.47 bits per heavy atom. The third-order valence-corrected chi connectivity index (χ3v) is 1.83. The van der Waals surface area contributed by atoms with E-state index in [0.717, 1.165) is 18.5 Å². The molecule has 84 valence electrons. The average Bonchev–Trinajstić information content (AvgIpc) is 2.28. The standard InChI is InChI=1S/C8H13N3.C3H6O/c1-3-11(2)8-4-7(9)5-10-6-8;1-2-3-4/h4-6H,3,9H2,1-2H3;3H,2H2,1H3. The summed E-state index contributed by atoms with van der Waals surface area (Å²) in [4.78, 5) is 15.2. The maximum Gasteiger partial charge on any atom is 0.119 e. The third-order valence-electron chi connectivity index (χ3n) is 1.83. The maximum absolute atomic E-state index is 9.17. The van der Waals surface area contributed by atoms with Crippen molar-refractivity contribution in [3.8, 4) is 0 Å². The minimum atomic E-state index is 0.639. The molecule has 0 aromatic carbocycles. The highest BCUT2D eigenvalue weighted by Gasteiger charge is 1.96. The van der Waals surface area contributed by atoms with Crippen LogP contribution in [-0.2, 0) is 4.79 Å². The molecule has 0 unspecified atom stereocenters. The van der Waals surface area contributed by atoms with Crippen LogP contribution in [-0.4, -0.2) is 24.9 Å². The van der Waals surface area contributed by atoms with Crippen LogP contribution in [0, 0.1) is 0 Å². The Balaban J connectivity index is 0.000000423. The zero-order valence-corrected chi connectivity index (χ0v) is 9.60. The number of carbonyl (C=O) groups is 1. The van der Waals surface area contributed by atoms with Crippen molar-refractivity contribution < 1.29 is 4.79 Å². The Morgan fingerprint density at radius 2 is 2.07 bits per heavy atom. The fourth-order valence-corrected chi connectivity index (χ4v) is 0.836. The van der Waals surface area contributed by atoms with Crippen LogP contribution in [0.1, 0.15) is 20.3 Å². The van der Waals surface area contributed by atoms with Crippen molar-refractivity contribution in [2.75, 3.05) is 24.2 Å². The minimum absolute atomic E-state index is 0.639. The van der Waals surface area contributed by atoms with Gasteiger partial charge in [-0.05, 0) is 13.0 Å². The van der Waals surface area contributed by atoms with E-state index >= 15 is 0 Å². The molecule has 0 spiro atoms. The molecule has 0 radical (unpaired) electrons. The highest BCUT2D eigenvalue weighted by atomic mass is 16.1. The largest absolute Gasteiger partial charge is 0.397 e. The molecule has 0 aliphatic heterocycles. The Labute approximate surface area is 91.1 Å². The number of pyridine rings is 1. The SMILES string of the molecule is CCC=O.CCN(C)c1cncc(N)c1. The first-order valence-electron chi connectivity index (χ1n) is 5.00. The molecule has 0 bridgehead atoms. The molecule has 1 aromatic heterocycles. The Kier molecular flexibility index (Phi) is 6.97. The van der Waals surface area contributed by atoms with Gasteiger partial charge in [-0.2, -0.15) is 0 Å². The van der Waals surface area contributed by atoms with Gasteiger partial charge in [0.2, 0.25) is 0 Å². The molecule has 0 saturated carbocycles. The Morgan fingerprint density at radius 3 is 2.47 bits per heavy atom. The van der Waals surface area contributed by atoms with Crippen LogP contribution in [0.3, 0.4) is 0 Å². The van der Waals surface area contributed by atoms with Crippen molar-refractivity contribution in [2.45, 2.75) is 20.3 Å². The van der Waals surface area contributed by atoms with E-state index in [0.29, 0.717) is 12.1 Å². The summed E-state index contributed by atoms with van der Waals surface area (Å²) in [6.45, 7) is 4.86. The fourth-order valence-electron chi connectivity index (χ4n) is 0.836. The Bertz CT molecular complexity index is 289. The molecule has 0 aliphatic carbocycles. The first-order chi connectivity index (χ1) is 7.15. The predicted molar refractivity (Wildman–Crippen MR) is 63.9 cm³/mol. The molecule has 0 saturated heterocycles. The van der Waals surface area contributed by atoms with E-state index in [1.807, 2.05) is 20.0 Å². The number of carbonyl (C=O) groups excluding carboxylic acids is 1. The number of hydrogen-bond acceptors (Lipinski definition) is 4. The van der Waals surface area contributed by atoms with Crippen molar-refractivity contribution in [3.05, 3.63) is 18.5 Å². The molecular formula is C11H19N3O. The number of anilines is 2. The van der Waals surface area contributed by atoms with E-state index in [9.17, 15) is 4.79 Å². The highest BCUT2D eigenvalue weighted by molar-refractivity contribution is 5.52. The molecule has 4 nitrogen and oxygen atoms in total. The molecule has 15 heavy (non-hydrogen) atoms. The van der Waals surface area contributed by atoms with E-state index in [4.69, 9.17) is 5.73 Å². The normalized spacial score (nSPS) is 8.73. The molecule has 4 heteroatoms. The van der Waals surface area contributed by atoms with Crippen LogP contribution in [0.25, 0.3) is 0 Å². The van der Waals surface area contributed by atoms with Crippen molar-refractivity contribution in [3.63, 3.8) is 0 Å². The van der Waals surface area contributed by atoms with Crippen LogP contribution in [0.5, 0.6) is 0 Å². The first kappa shape index (κ1) is 13.4. The van der Waals surface area contributed by atoms with Gasteiger partial charge in [0.1, 0.15) is 6.29 Å². The smallest absolute Gasteiger partial charge is 0.119 e. The van der Waals surface area contributed by atoms with Gasteiger partial charge in [-0.3, -0.25) is 4.98 Å². The van der Waals surface area contributed by atoms with Crippen molar-refractivity contribution in [1.82, 2.24) is 4.98 Å². The average molecular weight is 209 g/mol. The quantitative estimate of drug-likeness (QED) is 0.770. The van der Waals surface area contributed by atoms with Crippen molar-refractivity contribution in [2.24, 2.45) is 0 Å². The molecule has 0 fully saturated rings. The van der Waals surface area contributed by atoms with Gasteiger partial charge in [-0.15, -0.1) is 0 Å². The lowest BCUT2D eigenvalue weighted by Gasteiger charge is -2.15. The van der Waals surface area contributed by atoms with Gasteiger partial charge in [-0.1, -0.05) is 6.92 Å². The van der Waals surface area contributed by atoms with Gasteiger partial charge < -0.3 is 15.4 Å². The monoisotopic (exact) mass is 209 g/mol. The zero-order valence-electron chi connectivity index (χ0n) is 9.60. The number of rotatable bonds is 3. The van der Waals surface area contributed by atoms with Crippen LogP contribution < -0.4 is 10.6 Å². The van der Waals surface area contributed by atoms with Gasteiger partial charge in [0.25, 0.3) is 0 Å². The molecule has 0 amide bonds. The summed E-state index contributed by atoms with van der Waals surface area (Å²) in [5.74, 6) is 0. The van der Waals surface area contributed by atoms with Crippen molar-refractivity contribution in [1.29, 1.82) is 0 Å². The zero-order chi connectivity index (χ0) is 11.7. The van der Waals surface area contributed by atoms with Gasteiger partial charge in [0, 0.05) is 26.2 Å². The van der Waals surface area contributed by atoms with Gasteiger partial charge in [0.15, 0.2) is 0 Å². The lowest BCUT2D eigenvalue weighted by atomic mass is 10.3. The van der Waals surface area contributed by atoms with Gasteiger partial charge >= 0.3 is 0 Å². The molecule has 1 rings (SSSR count). The number of nitrogens with zero attached hydrogens (tertiary/aromatic N) is 2. The molecule has 1 heterocycles. The second-order valence-corrected chi connectivity index (χ2v) is 3.07. The molecule has 2 N–H and O–H groups in total. The molecular weight excluding hydrogens is 190 g/mol. The van der Waals surface area contributed by atoms with E-state index in [-0.39, 0.29) is 0 Å². The molecule has 0 aliphatic rings. The van der Waals surface area contributed by atoms with Crippen molar-refractivity contribution >= 4 is 17.7 Å². The van der Waals surface area contributed by atoms with Crippen LogP contribution >= 0.6 is 0 Å². The number of nitrogen functional groups attached to an aromatic ring is 1. The first-order valence-corrected chi connectivity index (χ1v) is 5.00. The van der Waals surface area contributed by atoms with Crippen LogP contribution in [0.4, 0.5) is 11.4 Å². The number of nitrogens with two attached hydrogens (primary N) is 1. The van der Waals surface area contributed by atoms with Crippen LogP contribution in [0.15, 0.2) is 18.5 Å². The lowest BCUT2D eigenvalue weighted by Crippen LogP contribution is -2.15. The second-order valence-electron chi connectivity index (χ2n) is 3.07. The predicted octanol–water partition coefficient (Wildman–Crippen LogP) is 1.72. The molecule has 1 aromatic rings. The van der Waals surface area contributed by atoms with E-state index in [1.165, 1.54) is 0 Å². The number of hydrogen-bond donors (Lipinski definition) is 1. The lowest BCUT2D eigenvalue weighted by molar-refractivity contribution is -0.107. The molecule has 0 atom stereocenters. The number of aldehydes is 1. The summed E-state index contributed by atoms with van der Waals surface area (Å²) in [5, 5.41) is 0. The Hall–Kier alpha value is -1.58. The summed E-state index contributed by atoms with van der Waals surface area (Å²) >= 11 is 0. The van der Waals surface area contributed by atoms with E-state index in [2.05, 4.69) is 16.8 Å². The summed E-state index contributed by atoms with van der Waals surface area (Å²) in [7, 11) is 2.01.